The molecule has 11 aromatic rings. The van der Waals surface area contributed by atoms with Crippen LogP contribution < -0.4 is 0 Å². The zero-order valence-electron chi connectivity index (χ0n) is 30.2. The third-order valence-electron chi connectivity index (χ3n) is 10.7. The standard InChI is InChI=1S/C51H32N4O/c1-4-15-33(16-5-1)36-27-28-42-41-23-10-12-25-44(41)55(45(42)32-36)51-53-49(35-19-8-3-9-20-35)52-50(54-51)38-22-14-21-37(31-38)39-29-30-40(34-17-6-2-7-18-34)48-47(39)43-24-11-13-26-46(43)56-48/h1-32H. The maximum Gasteiger partial charge on any atom is 0.238 e. The van der Waals surface area contributed by atoms with E-state index in [2.05, 4.69) is 144 Å². The van der Waals surface area contributed by atoms with E-state index in [1.165, 1.54) is 0 Å². The highest BCUT2D eigenvalue weighted by atomic mass is 16.3. The molecule has 5 nitrogen and oxygen atoms in total. The maximum atomic E-state index is 6.61. The van der Waals surface area contributed by atoms with Crippen LogP contribution in [-0.4, -0.2) is 19.5 Å². The topological polar surface area (TPSA) is 56.7 Å². The number of benzene rings is 8. The summed E-state index contributed by atoms with van der Waals surface area (Å²) in [4.78, 5) is 15.6. The molecule has 0 spiro atoms. The molecule has 0 aliphatic carbocycles. The van der Waals surface area contributed by atoms with Crippen LogP contribution in [0.3, 0.4) is 0 Å². The molecule has 262 valence electrons. The Labute approximate surface area is 322 Å². The van der Waals surface area contributed by atoms with Gasteiger partial charge in [0.1, 0.15) is 11.2 Å². The van der Waals surface area contributed by atoms with Crippen molar-refractivity contribution in [3.05, 3.63) is 194 Å². The van der Waals surface area contributed by atoms with Crippen LogP contribution in [0.5, 0.6) is 0 Å². The minimum atomic E-state index is 0.561. The molecule has 5 heteroatoms. The fourth-order valence-electron chi connectivity index (χ4n) is 8.05. The van der Waals surface area contributed by atoms with Crippen molar-refractivity contribution in [2.24, 2.45) is 0 Å². The van der Waals surface area contributed by atoms with Crippen molar-refractivity contribution in [1.29, 1.82) is 0 Å². The SMILES string of the molecule is c1ccc(-c2ccc3c4ccccc4n(-c4nc(-c5ccccc5)nc(-c5cccc(-c6ccc(-c7ccccc7)c7oc8ccccc8c67)c5)n4)c3c2)cc1. The van der Waals surface area contributed by atoms with E-state index in [4.69, 9.17) is 19.4 Å². The van der Waals surface area contributed by atoms with Crippen molar-refractivity contribution >= 4 is 43.7 Å². The van der Waals surface area contributed by atoms with Crippen molar-refractivity contribution < 1.29 is 4.42 Å². The summed E-state index contributed by atoms with van der Waals surface area (Å²) in [5, 5.41) is 4.44. The number of hydrogen-bond acceptors (Lipinski definition) is 4. The predicted molar refractivity (Wildman–Crippen MR) is 229 cm³/mol. The largest absolute Gasteiger partial charge is 0.455 e. The van der Waals surface area contributed by atoms with E-state index < -0.39 is 0 Å². The molecule has 0 unspecified atom stereocenters. The van der Waals surface area contributed by atoms with Crippen LogP contribution in [0.2, 0.25) is 0 Å². The Morgan fingerprint density at radius 2 is 0.946 bits per heavy atom. The highest BCUT2D eigenvalue weighted by Crippen LogP contribution is 2.42. The van der Waals surface area contributed by atoms with Gasteiger partial charge in [-0.3, -0.25) is 4.57 Å². The number of furan rings is 1. The second-order valence-corrected chi connectivity index (χ2v) is 14.0. The van der Waals surface area contributed by atoms with E-state index in [9.17, 15) is 0 Å². The summed E-state index contributed by atoms with van der Waals surface area (Å²) in [5.74, 6) is 1.76. The number of rotatable bonds is 6. The van der Waals surface area contributed by atoms with E-state index in [0.29, 0.717) is 17.6 Å². The predicted octanol–water partition coefficient (Wildman–Crippen LogP) is 13.2. The quantitative estimate of drug-likeness (QED) is 0.172. The summed E-state index contributed by atoms with van der Waals surface area (Å²) in [6.45, 7) is 0. The van der Waals surface area contributed by atoms with Gasteiger partial charge >= 0.3 is 0 Å². The first-order chi connectivity index (χ1) is 27.8. The van der Waals surface area contributed by atoms with Crippen molar-refractivity contribution in [2.45, 2.75) is 0 Å². The number of nitrogens with zero attached hydrogens (tertiary/aromatic N) is 4. The van der Waals surface area contributed by atoms with Crippen LogP contribution >= 0.6 is 0 Å². The maximum absolute atomic E-state index is 6.61. The second-order valence-electron chi connectivity index (χ2n) is 14.0. The molecular formula is C51H32N4O. The molecule has 0 bridgehead atoms. The average molecular weight is 717 g/mol. The molecule has 0 N–H and O–H groups in total. The lowest BCUT2D eigenvalue weighted by Crippen LogP contribution is -2.06. The summed E-state index contributed by atoms with van der Waals surface area (Å²) in [6, 6.07) is 67.4. The lowest BCUT2D eigenvalue weighted by atomic mass is 9.94. The number of hydrogen-bond donors (Lipinski definition) is 0. The van der Waals surface area contributed by atoms with E-state index in [0.717, 1.165) is 88.3 Å². The Morgan fingerprint density at radius 1 is 0.357 bits per heavy atom. The highest BCUT2D eigenvalue weighted by Gasteiger charge is 2.20. The molecule has 3 heterocycles. The molecule has 0 atom stereocenters. The van der Waals surface area contributed by atoms with Crippen LogP contribution in [0.1, 0.15) is 0 Å². The number of para-hydroxylation sites is 2. The lowest BCUT2D eigenvalue weighted by molar-refractivity contribution is 0.670. The van der Waals surface area contributed by atoms with E-state index >= 15 is 0 Å². The van der Waals surface area contributed by atoms with Crippen LogP contribution in [0.4, 0.5) is 0 Å². The monoisotopic (exact) mass is 716 g/mol. The lowest BCUT2D eigenvalue weighted by Gasteiger charge is -2.12. The molecule has 8 aromatic carbocycles. The minimum absolute atomic E-state index is 0.561. The van der Waals surface area contributed by atoms with Gasteiger partial charge in [-0.15, -0.1) is 0 Å². The molecule has 3 aromatic heterocycles. The van der Waals surface area contributed by atoms with Gasteiger partial charge in [-0.05, 0) is 58.1 Å². The van der Waals surface area contributed by atoms with E-state index in [-0.39, 0.29) is 0 Å². The molecule has 0 fully saturated rings. The molecule has 0 radical (unpaired) electrons. The molecule has 56 heavy (non-hydrogen) atoms. The highest BCUT2D eigenvalue weighted by molar-refractivity contribution is 6.16. The van der Waals surface area contributed by atoms with Crippen molar-refractivity contribution in [3.63, 3.8) is 0 Å². The van der Waals surface area contributed by atoms with Gasteiger partial charge in [0.05, 0.1) is 11.0 Å². The summed E-state index contributed by atoms with van der Waals surface area (Å²) in [6.07, 6.45) is 0. The van der Waals surface area contributed by atoms with Crippen LogP contribution in [0.15, 0.2) is 199 Å². The zero-order chi connectivity index (χ0) is 37.0. The Kier molecular flexibility index (Phi) is 7.42. The Balaban J connectivity index is 1.13. The summed E-state index contributed by atoms with van der Waals surface area (Å²) in [7, 11) is 0. The van der Waals surface area contributed by atoms with Gasteiger partial charge in [-0.2, -0.15) is 9.97 Å². The minimum Gasteiger partial charge on any atom is -0.455 e. The fourth-order valence-corrected chi connectivity index (χ4v) is 8.05. The molecular weight excluding hydrogens is 685 g/mol. The fraction of sp³-hybridized carbons (Fsp3) is 0. The van der Waals surface area contributed by atoms with Gasteiger partial charge in [0.25, 0.3) is 0 Å². The van der Waals surface area contributed by atoms with Crippen LogP contribution in [0.25, 0.3) is 106 Å². The third-order valence-corrected chi connectivity index (χ3v) is 10.7. The second kappa shape index (κ2) is 13.0. The Bertz CT molecular complexity index is 3240. The van der Waals surface area contributed by atoms with Crippen molar-refractivity contribution in [1.82, 2.24) is 19.5 Å². The van der Waals surface area contributed by atoms with Gasteiger partial charge in [0.2, 0.25) is 5.95 Å². The molecule has 0 amide bonds. The summed E-state index contributed by atoms with van der Waals surface area (Å²) >= 11 is 0. The molecule has 0 aliphatic heterocycles. The average Bonchev–Trinajstić information content (AvgIpc) is 3.83. The van der Waals surface area contributed by atoms with Gasteiger partial charge < -0.3 is 4.42 Å². The normalized spacial score (nSPS) is 11.6. The first kappa shape index (κ1) is 31.9. The molecule has 11 rings (SSSR count). The smallest absolute Gasteiger partial charge is 0.238 e. The summed E-state index contributed by atoms with van der Waals surface area (Å²) in [5.41, 5.74) is 12.2. The third kappa shape index (κ3) is 5.29. The molecule has 0 saturated heterocycles. The van der Waals surface area contributed by atoms with Gasteiger partial charge in [0, 0.05) is 38.2 Å². The van der Waals surface area contributed by atoms with Gasteiger partial charge in [-0.1, -0.05) is 164 Å². The molecule has 0 saturated carbocycles. The van der Waals surface area contributed by atoms with E-state index in [1.54, 1.807) is 0 Å². The number of aromatic nitrogens is 4. The Hall–Kier alpha value is -7.63. The van der Waals surface area contributed by atoms with Crippen molar-refractivity contribution in [3.8, 4) is 62.1 Å². The van der Waals surface area contributed by atoms with Gasteiger partial charge in [0.15, 0.2) is 11.6 Å². The first-order valence-electron chi connectivity index (χ1n) is 18.8. The molecule has 0 aliphatic rings. The van der Waals surface area contributed by atoms with E-state index in [1.807, 2.05) is 54.6 Å². The van der Waals surface area contributed by atoms with Crippen molar-refractivity contribution in [2.75, 3.05) is 0 Å². The summed E-state index contributed by atoms with van der Waals surface area (Å²) < 4.78 is 8.79. The van der Waals surface area contributed by atoms with Crippen LogP contribution in [0, 0.1) is 0 Å². The first-order valence-corrected chi connectivity index (χ1v) is 18.8. The number of fused-ring (bicyclic) bond motifs is 6. The van der Waals surface area contributed by atoms with Gasteiger partial charge in [-0.25, -0.2) is 4.98 Å². The zero-order valence-corrected chi connectivity index (χ0v) is 30.2. The van der Waals surface area contributed by atoms with Crippen LogP contribution in [-0.2, 0) is 0 Å². The Morgan fingerprint density at radius 3 is 1.73 bits per heavy atom.